The maximum absolute atomic E-state index is 14.9. The molecule has 166 valence electrons. The fourth-order valence-electron chi connectivity index (χ4n) is 3.07. The lowest BCUT2D eigenvalue weighted by Crippen LogP contribution is -2.27. The minimum atomic E-state index is -3.95. The molecule has 0 bridgehead atoms. The van der Waals surface area contributed by atoms with E-state index in [1.807, 2.05) is 9.44 Å². The van der Waals surface area contributed by atoms with Crippen LogP contribution in [0.2, 0.25) is 0 Å². The van der Waals surface area contributed by atoms with Crippen molar-refractivity contribution in [3.8, 4) is 11.6 Å². The van der Waals surface area contributed by atoms with Crippen molar-refractivity contribution in [1.82, 2.24) is 14.7 Å². The first kappa shape index (κ1) is 21.9. The predicted molar refractivity (Wildman–Crippen MR) is 118 cm³/mol. The largest absolute Gasteiger partial charge is 0.438 e. The average molecular weight is 477 g/mol. The summed E-state index contributed by atoms with van der Waals surface area (Å²) in [6.07, 6.45) is 1.15. The summed E-state index contributed by atoms with van der Waals surface area (Å²) in [5.74, 6) is -0.455. The van der Waals surface area contributed by atoms with E-state index < -0.39 is 27.5 Å². The van der Waals surface area contributed by atoms with Gasteiger partial charge in [0.2, 0.25) is 5.88 Å². The number of aromatic nitrogens is 2. The van der Waals surface area contributed by atoms with Gasteiger partial charge in [-0.3, -0.25) is 4.72 Å². The van der Waals surface area contributed by atoms with Gasteiger partial charge in [0.1, 0.15) is 11.3 Å². The van der Waals surface area contributed by atoms with Gasteiger partial charge >= 0.3 is 5.63 Å². The summed E-state index contributed by atoms with van der Waals surface area (Å²) >= 11 is 1.39. The number of pyridine rings is 1. The van der Waals surface area contributed by atoms with E-state index in [1.165, 1.54) is 30.6 Å². The maximum atomic E-state index is 14.9. The minimum Gasteiger partial charge on any atom is -0.438 e. The Labute approximate surface area is 186 Å². The molecule has 12 heteroatoms. The molecule has 0 atom stereocenters. The van der Waals surface area contributed by atoms with Crippen molar-refractivity contribution in [3.63, 3.8) is 0 Å². The van der Waals surface area contributed by atoms with Crippen molar-refractivity contribution < 1.29 is 22.0 Å². The molecular weight excluding hydrogens is 459 g/mol. The minimum absolute atomic E-state index is 0.0899. The lowest BCUT2D eigenvalue weighted by atomic mass is 10.00. The van der Waals surface area contributed by atoms with Crippen LogP contribution in [0.1, 0.15) is 16.7 Å². The number of nitrogens with one attached hydrogen (secondary N) is 2. The second kappa shape index (κ2) is 8.65. The van der Waals surface area contributed by atoms with E-state index in [0.717, 1.165) is 0 Å². The molecule has 4 aromatic rings. The highest BCUT2D eigenvalue weighted by molar-refractivity contribution is 7.90. The molecule has 0 spiro atoms. The summed E-state index contributed by atoms with van der Waals surface area (Å²) in [6.45, 7) is 1.74. The third-order valence-electron chi connectivity index (χ3n) is 4.73. The third-order valence-corrected chi connectivity index (χ3v) is 6.29. The summed E-state index contributed by atoms with van der Waals surface area (Å²) in [7, 11) is -2.77. The molecule has 3 heterocycles. The third kappa shape index (κ3) is 4.47. The molecule has 0 amide bonds. The van der Waals surface area contributed by atoms with Gasteiger partial charge in [0.25, 0.3) is 10.2 Å². The molecule has 32 heavy (non-hydrogen) atoms. The molecule has 3 aromatic heterocycles. The highest BCUT2D eigenvalue weighted by atomic mass is 32.2. The fraction of sp³-hybridized carbons (Fsp3) is 0.150. The Kier molecular flexibility index (Phi) is 5.91. The Bertz CT molecular complexity index is 1450. The predicted octanol–water partition coefficient (Wildman–Crippen LogP) is 3.35. The van der Waals surface area contributed by atoms with Gasteiger partial charge in [-0.25, -0.2) is 23.9 Å². The first-order chi connectivity index (χ1) is 15.3. The van der Waals surface area contributed by atoms with Gasteiger partial charge in [0.05, 0.1) is 10.9 Å². The zero-order chi connectivity index (χ0) is 22.9. The number of fused-ring (bicyclic) bond motifs is 1. The summed E-state index contributed by atoms with van der Waals surface area (Å²) < 4.78 is 53.3. The van der Waals surface area contributed by atoms with Gasteiger partial charge in [0, 0.05) is 36.7 Å². The van der Waals surface area contributed by atoms with Crippen LogP contribution in [0, 0.1) is 12.7 Å². The van der Waals surface area contributed by atoms with Crippen molar-refractivity contribution in [1.29, 1.82) is 0 Å². The first-order valence-corrected chi connectivity index (χ1v) is 11.7. The van der Waals surface area contributed by atoms with Gasteiger partial charge in [-0.05, 0) is 36.2 Å². The summed E-state index contributed by atoms with van der Waals surface area (Å²) in [6, 6.07) is 6.43. The molecule has 0 aliphatic rings. The summed E-state index contributed by atoms with van der Waals surface area (Å²) in [4.78, 5) is 20.5. The van der Waals surface area contributed by atoms with Crippen molar-refractivity contribution >= 4 is 38.3 Å². The second-order valence-corrected chi connectivity index (χ2v) is 9.04. The Morgan fingerprint density at radius 1 is 1.25 bits per heavy atom. The molecule has 1 aromatic carbocycles. The van der Waals surface area contributed by atoms with Crippen molar-refractivity contribution in [2.75, 3.05) is 11.8 Å². The van der Waals surface area contributed by atoms with Gasteiger partial charge in [-0.2, -0.15) is 8.42 Å². The molecule has 0 saturated heterocycles. The first-order valence-electron chi connectivity index (χ1n) is 9.24. The highest BCUT2D eigenvalue weighted by Crippen LogP contribution is 2.28. The van der Waals surface area contributed by atoms with E-state index >= 15 is 0 Å². The van der Waals surface area contributed by atoms with Crippen LogP contribution in [-0.4, -0.2) is 25.4 Å². The van der Waals surface area contributed by atoms with E-state index in [2.05, 4.69) is 9.97 Å². The zero-order valence-electron chi connectivity index (χ0n) is 16.9. The molecule has 0 aliphatic carbocycles. The Balaban J connectivity index is 1.69. The number of benzene rings is 1. The zero-order valence-corrected chi connectivity index (χ0v) is 18.5. The number of hydrogen-bond donors (Lipinski definition) is 2. The topological polar surface area (TPSA) is 123 Å². The number of nitrogens with zero attached hydrogens (tertiary/aromatic N) is 2. The Morgan fingerprint density at radius 3 is 2.78 bits per heavy atom. The maximum Gasteiger partial charge on any atom is 0.340 e. The molecule has 0 saturated carbocycles. The van der Waals surface area contributed by atoms with Gasteiger partial charge in [-0.15, -0.1) is 11.3 Å². The number of hydrogen-bond acceptors (Lipinski definition) is 8. The second-order valence-electron chi connectivity index (χ2n) is 6.70. The fourth-order valence-corrected chi connectivity index (χ4v) is 4.02. The molecule has 0 aliphatic heterocycles. The molecular formula is C20H17FN4O5S2. The van der Waals surface area contributed by atoms with Gasteiger partial charge in [-0.1, -0.05) is 0 Å². The van der Waals surface area contributed by atoms with Crippen LogP contribution in [0.3, 0.4) is 0 Å². The van der Waals surface area contributed by atoms with E-state index in [4.69, 9.17) is 9.15 Å². The lowest BCUT2D eigenvalue weighted by Gasteiger charge is -2.12. The number of halogens is 1. The van der Waals surface area contributed by atoms with Crippen LogP contribution in [0.5, 0.6) is 11.6 Å². The van der Waals surface area contributed by atoms with E-state index in [1.54, 1.807) is 36.0 Å². The van der Waals surface area contributed by atoms with Crippen LogP contribution >= 0.6 is 11.3 Å². The molecule has 0 fully saturated rings. The van der Waals surface area contributed by atoms with Crippen molar-refractivity contribution in [3.05, 3.63) is 74.3 Å². The smallest absolute Gasteiger partial charge is 0.340 e. The summed E-state index contributed by atoms with van der Waals surface area (Å²) in [5, 5.41) is 2.40. The molecule has 9 nitrogen and oxygen atoms in total. The van der Waals surface area contributed by atoms with Gasteiger partial charge in [0.15, 0.2) is 11.6 Å². The van der Waals surface area contributed by atoms with Crippen LogP contribution in [0.4, 0.5) is 10.2 Å². The van der Waals surface area contributed by atoms with Crippen LogP contribution in [0.25, 0.3) is 11.0 Å². The Hall–Kier alpha value is -3.35. The SMILES string of the molecule is CNS(=O)(=O)Nc1nccc(Cc2c(C)c3ccc(Oc4cscn4)cc3oc2=O)c1F. The van der Waals surface area contributed by atoms with Crippen LogP contribution < -0.4 is 19.8 Å². The summed E-state index contributed by atoms with van der Waals surface area (Å²) in [5.41, 5.74) is 2.28. The van der Waals surface area contributed by atoms with Crippen LogP contribution in [0.15, 0.2) is 50.6 Å². The van der Waals surface area contributed by atoms with E-state index in [-0.39, 0.29) is 17.5 Å². The highest BCUT2D eigenvalue weighted by Gasteiger charge is 2.19. The van der Waals surface area contributed by atoms with Crippen molar-refractivity contribution in [2.45, 2.75) is 13.3 Å². The van der Waals surface area contributed by atoms with Gasteiger partial charge < -0.3 is 9.15 Å². The normalized spacial score (nSPS) is 11.6. The molecule has 4 rings (SSSR count). The molecule has 0 unspecified atom stereocenters. The monoisotopic (exact) mass is 476 g/mol. The Morgan fingerprint density at radius 2 is 2.06 bits per heavy atom. The number of thiazole rings is 1. The number of aryl methyl sites for hydroxylation is 1. The number of rotatable bonds is 7. The molecule has 0 radical (unpaired) electrons. The lowest BCUT2D eigenvalue weighted by molar-refractivity contribution is 0.464. The standard InChI is InChI=1S/C20H17FN4O5S2/c1-11-14-4-3-13(29-17-9-31-10-24-17)8-16(14)30-20(26)15(11)7-12-5-6-23-19(18(12)21)25-32(27,28)22-2/h3-6,8-10,22H,7H2,1-2H3,(H,23,25). The number of anilines is 1. The van der Waals surface area contributed by atoms with Crippen LogP contribution in [-0.2, 0) is 16.6 Å². The van der Waals surface area contributed by atoms with Crippen molar-refractivity contribution in [2.24, 2.45) is 0 Å². The molecule has 2 N–H and O–H groups in total. The van der Waals surface area contributed by atoms with E-state index in [9.17, 15) is 17.6 Å². The quantitative estimate of drug-likeness (QED) is 0.392. The number of ether oxygens (including phenoxy) is 1. The van der Waals surface area contributed by atoms with E-state index in [0.29, 0.717) is 28.2 Å². The average Bonchev–Trinajstić information content (AvgIpc) is 3.26.